The Bertz CT molecular complexity index is 393. The number of likely N-dealkylation sites (N-methyl/N-ethyl adjacent to an activating group) is 1. The van der Waals surface area contributed by atoms with Crippen molar-refractivity contribution in [1.82, 2.24) is 0 Å². The summed E-state index contributed by atoms with van der Waals surface area (Å²) in [5.74, 6) is 0. The van der Waals surface area contributed by atoms with E-state index in [-0.39, 0.29) is 6.42 Å². The average Bonchev–Trinajstić information content (AvgIpc) is 2.71. The molecule has 0 aromatic heterocycles. The van der Waals surface area contributed by atoms with Gasteiger partial charge in [0.05, 0.1) is 6.04 Å². The van der Waals surface area contributed by atoms with Crippen LogP contribution in [0.4, 0.5) is 14.5 Å². The molecule has 0 radical (unpaired) electrons. The molecule has 94 valence electrons. The number of anilines is 1. The molecule has 2 rings (SSSR count). The summed E-state index contributed by atoms with van der Waals surface area (Å²) < 4.78 is 24.7. The highest BCUT2D eigenvalue weighted by atomic mass is 19.3. The van der Waals surface area contributed by atoms with Crippen LogP contribution in [0.5, 0.6) is 0 Å². The van der Waals surface area contributed by atoms with Gasteiger partial charge in [-0.3, -0.25) is 0 Å². The molecular weight excluding hydrogens is 222 g/mol. The number of halogens is 2. The maximum absolute atomic E-state index is 12.4. The Balaban J connectivity index is 2.13. The van der Waals surface area contributed by atoms with E-state index < -0.39 is 12.5 Å². The fraction of sp³-hybridized carbons (Fsp3) is 0.538. The van der Waals surface area contributed by atoms with Gasteiger partial charge < -0.3 is 10.6 Å². The Morgan fingerprint density at radius 2 is 2.18 bits per heavy atom. The number of hydrogen-bond acceptors (Lipinski definition) is 2. The average molecular weight is 240 g/mol. The molecule has 1 aliphatic heterocycles. The topological polar surface area (TPSA) is 29.3 Å². The molecule has 4 heteroatoms. The first kappa shape index (κ1) is 12.3. The lowest BCUT2D eigenvalue weighted by atomic mass is 10.0. The summed E-state index contributed by atoms with van der Waals surface area (Å²) in [6, 6.07) is 4.90. The highest BCUT2D eigenvalue weighted by Crippen LogP contribution is 2.28. The second kappa shape index (κ2) is 5.00. The quantitative estimate of drug-likeness (QED) is 0.874. The summed E-state index contributed by atoms with van der Waals surface area (Å²) in [6.45, 7) is 4.13. The Kier molecular flexibility index (Phi) is 3.62. The lowest BCUT2D eigenvalue weighted by Gasteiger charge is -2.17. The summed E-state index contributed by atoms with van der Waals surface area (Å²) in [7, 11) is 0. The predicted octanol–water partition coefficient (Wildman–Crippen LogP) is 2.20. The van der Waals surface area contributed by atoms with Gasteiger partial charge in [0.25, 0.3) is 6.43 Å². The molecule has 0 bridgehead atoms. The molecule has 2 nitrogen and oxygen atoms in total. The first-order chi connectivity index (χ1) is 8.11. The standard InChI is InChI=1S/C13H18F2N2/c1-2-17-6-5-10-7-9(3-4-12(10)17)8-11(16)13(14)15/h3-4,7,11,13H,2,5-6,8,16H2,1H3. The van der Waals surface area contributed by atoms with Gasteiger partial charge in [-0.15, -0.1) is 0 Å². The number of hydrogen-bond donors (Lipinski definition) is 1. The highest BCUT2D eigenvalue weighted by Gasteiger charge is 2.20. The van der Waals surface area contributed by atoms with Crippen molar-refractivity contribution < 1.29 is 8.78 Å². The van der Waals surface area contributed by atoms with Crippen molar-refractivity contribution in [2.24, 2.45) is 5.73 Å². The van der Waals surface area contributed by atoms with Crippen LogP contribution in [0, 0.1) is 0 Å². The summed E-state index contributed by atoms with van der Waals surface area (Å²) in [6.07, 6.45) is -1.20. The van der Waals surface area contributed by atoms with Crippen LogP contribution in [0.15, 0.2) is 18.2 Å². The van der Waals surface area contributed by atoms with E-state index >= 15 is 0 Å². The molecular formula is C13H18F2N2. The van der Waals surface area contributed by atoms with Crippen molar-refractivity contribution in [2.45, 2.75) is 32.2 Å². The molecule has 2 N–H and O–H groups in total. The van der Waals surface area contributed by atoms with Gasteiger partial charge in [-0.25, -0.2) is 8.78 Å². The van der Waals surface area contributed by atoms with Gasteiger partial charge >= 0.3 is 0 Å². The number of nitrogens with two attached hydrogens (primary N) is 1. The minimum Gasteiger partial charge on any atom is -0.371 e. The minimum atomic E-state index is -2.45. The van der Waals surface area contributed by atoms with E-state index in [9.17, 15) is 8.78 Å². The van der Waals surface area contributed by atoms with E-state index in [2.05, 4.69) is 11.8 Å². The second-order valence-corrected chi connectivity index (χ2v) is 4.50. The van der Waals surface area contributed by atoms with Gasteiger partial charge in [0.2, 0.25) is 0 Å². The summed E-state index contributed by atoms with van der Waals surface area (Å²) >= 11 is 0. The molecule has 1 atom stereocenters. The number of fused-ring (bicyclic) bond motifs is 1. The zero-order chi connectivity index (χ0) is 12.4. The molecule has 1 aromatic rings. The number of alkyl halides is 2. The van der Waals surface area contributed by atoms with Gasteiger partial charge in [-0.1, -0.05) is 12.1 Å². The number of rotatable bonds is 4. The summed E-state index contributed by atoms with van der Waals surface area (Å²) in [5, 5.41) is 0. The maximum atomic E-state index is 12.4. The molecule has 1 aromatic carbocycles. The lowest BCUT2D eigenvalue weighted by Crippen LogP contribution is -2.30. The first-order valence-corrected chi connectivity index (χ1v) is 6.02. The predicted molar refractivity (Wildman–Crippen MR) is 65.7 cm³/mol. The van der Waals surface area contributed by atoms with Gasteiger partial charge in [0.15, 0.2) is 0 Å². The molecule has 0 amide bonds. The first-order valence-electron chi connectivity index (χ1n) is 6.02. The number of nitrogens with zero attached hydrogens (tertiary/aromatic N) is 1. The Morgan fingerprint density at radius 1 is 1.41 bits per heavy atom. The molecule has 0 spiro atoms. The van der Waals surface area contributed by atoms with E-state index in [1.165, 1.54) is 11.3 Å². The largest absolute Gasteiger partial charge is 0.371 e. The van der Waals surface area contributed by atoms with Gasteiger partial charge in [0, 0.05) is 18.8 Å². The van der Waals surface area contributed by atoms with E-state index in [0.717, 1.165) is 25.1 Å². The van der Waals surface area contributed by atoms with Crippen molar-refractivity contribution in [3.05, 3.63) is 29.3 Å². The molecule has 1 heterocycles. The van der Waals surface area contributed by atoms with Gasteiger partial charge in [-0.05, 0) is 37.0 Å². The fourth-order valence-electron chi connectivity index (χ4n) is 2.34. The van der Waals surface area contributed by atoms with Crippen molar-refractivity contribution >= 4 is 5.69 Å². The smallest absolute Gasteiger partial charge is 0.253 e. The monoisotopic (exact) mass is 240 g/mol. The SMILES string of the molecule is CCN1CCc2cc(CC(N)C(F)F)ccc21. The van der Waals surface area contributed by atoms with Crippen molar-refractivity contribution in [2.75, 3.05) is 18.0 Å². The molecule has 0 fully saturated rings. The van der Waals surface area contributed by atoms with Crippen LogP contribution in [-0.4, -0.2) is 25.6 Å². The maximum Gasteiger partial charge on any atom is 0.253 e. The van der Waals surface area contributed by atoms with Crippen LogP contribution < -0.4 is 10.6 Å². The Hall–Kier alpha value is -1.16. The van der Waals surface area contributed by atoms with Crippen molar-refractivity contribution in [3.8, 4) is 0 Å². The zero-order valence-corrected chi connectivity index (χ0v) is 10.00. The Labute approximate surface area is 100 Å². The van der Waals surface area contributed by atoms with E-state index in [0.29, 0.717) is 0 Å². The van der Waals surface area contributed by atoms with Gasteiger partial charge in [0.1, 0.15) is 0 Å². The third-order valence-electron chi connectivity index (χ3n) is 3.31. The summed E-state index contributed by atoms with van der Waals surface area (Å²) in [5.41, 5.74) is 8.79. The van der Waals surface area contributed by atoms with Crippen molar-refractivity contribution in [1.29, 1.82) is 0 Å². The van der Waals surface area contributed by atoms with Crippen molar-refractivity contribution in [3.63, 3.8) is 0 Å². The second-order valence-electron chi connectivity index (χ2n) is 4.50. The molecule has 1 unspecified atom stereocenters. The molecule has 0 saturated heterocycles. The lowest BCUT2D eigenvalue weighted by molar-refractivity contribution is 0.116. The third-order valence-corrected chi connectivity index (χ3v) is 3.31. The molecule has 0 saturated carbocycles. The fourth-order valence-corrected chi connectivity index (χ4v) is 2.34. The van der Waals surface area contributed by atoms with Crippen LogP contribution in [0.1, 0.15) is 18.1 Å². The highest BCUT2D eigenvalue weighted by molar-refractivity contribution is 5.59. The minimum absolute atomic E-state index is 0.247. The zero-order valence-electron chi connectivity index (χ0n) is 10.00. The normalized spacial score (nSPS) is 16.4. The van der Waals surface area contributed by atoms with Crippen LogP contribution in [0.2, 0.25) is 0 Å². The van der Waals surface area contributed by atoms with E-state index in [1.54, 1.807) is 0 Å². The van der Waals surface area contributed by atoms with E-state index in [4.69, 9.17) is 5.73 Å². The van der Waals surface area contributed by atoms with E-state index in [1.807, 2.05) is 18.2 Å². The van der Waals surface area contributed by atoms with Crippen LogP contribution in [0.25, 0.3) is 0 Å². The van der Waals surface area contributed by atoms with Crippen LogP contribution >= 0.6 is 0 Å². The Morgan fingerprint density at radius 3 is 2.82 bits per heavy atom. The van der Waals surface area contributed by atoms with Crippen LogP contribution in [-0.2, 0) is 12.8 Å². The third kappa shape index (κ3) is 2.57. The molecule has 1 aliphatic rings. The van der Waals surface area contributed by atoms with Crippen LogP contribution in [0.3, 0.4) is 0 Å². The summed E-state index contributed by atoms with van der Waals surface area (Å²) in [4.78, 5) is 2.30. The number of benzene rings is 1. The molecule has 17 heavy (non-hydrogen) atoms. The molecule has 0 aliphatic carbocycles. The van der Waals surface area contributed by atoms with Gasteiger partial charge in [-0.2, -0.15) is 0 Å².